The van der Waals surface area contributed by atoms with Crippen LogP contribution in [0.5, 0.6) is 0 Å². The van der Waals surface area contributed by atoms with Crippen LogP contribution < -0.4 is 0 Å². The summed E-state index contributed by atoms with van der Waals surface area (Å²) < 4.78 is 0. The van der Waals surface area contributed by atoms with Crippen LogP contribution in [0.3, 0.4) is 0 Å². The SMILES string of the molecule is CCC(C)N1C(=O)CC(=O)N(C)C1=S. The molecule has 2 amide bonds. The molecule has 1 unspecified atom stereocenters. The first-order valence-corrected chi connectivity index (χ1v) is 5.02. The molecule has 14 heavy (non-hydrogen) atoms. The van der Waals surface area contributed by atoms with Crippen molar-refractivity contribution in [3.8, 4) is 0 Å². The van der Waals surface area contributed by atoms with Crippen molar-refractivity contribution in [1.29, 1.82) is 0 Å². The highest BCUT2D eigenvalue weighted by Gasteiger charge is 2.34. The molecule has 0 N–H and O–H groups in total. The molecular weight excluding hydrogens is 200 g/mol. The zero-order chi connectivity index (χ0) is 10.9. The normalized spacial score (nSPS) is 20.4. The fourth-order valence-electron chi connectivity index (χ4n) is 1.32. The van der Waals surface area contributed by atoms with Gasteiger partial charge in [0.05, 0.1) is 0 Å². The van der Waals surface area contributed by atoms with Gasteiger partial charge in [0.1, 0.15) is 6.42 Å². The predicted octanol–water partition coefficient (Wildman–Crippen LogP) is 0.761. The number of rotatable bonds is 2. The van der Waals surface area contributed by atoms with Gasteiger partial charge in [0.15, 0.2) is 5.11 Å². The van der Waals surface area contributed by atoms with Crippen LogP contribution in [0.4, 0.5) is 0 Å². The molecular formula is C9H14N2O2S. The molecule has 4 nitrogen and oxygen atoms in total. The minimum absolute atomic E-state index is 0.0607. The van der Waals surface area contributed by atoms with E-state index in [0.29, 0.717) is 5.11 Å². The number of carbonyl (C=O) groups excluding carboxylic acids is 2. The first-order chi connectivity index (χ1) is 6.49. The Bertz CT molecular complexity index is 291. The summed E-state index contributed by atoms with van der Waals surface area (Å²) in [6, 6.07) is 0.0607. The quantitative estimate of drug-likeness (QED) is 0.503. The Morgan fingerprint density at radius 3 is 2.50 bits per heavy atom. The molecule has 1 fully saturated rings. The van der Waals surface area contributed by atoms with E-state index in [2.05, 4.69) is 0 Å². The predicted molar refractivity (Wildman–Crippen MR) is 56.6 cm³/mol. The number of thiocarbonyl (C=S) groups is 1. The zero-order valence-electron chi connectivity index (χ0n) is 8.61. The van der Waals surface area contributed by atoms with E-state index in [4.69, 9.17) is 12.2 Å². The summed E-state index contributed by atoms with van der Waals surface area (Å²) in [5.41, 5.74) is 0. The first-order valence-electron chi connectivity index (χ1n) is 4.61. The third-order valence-electron chi connectivity index (χ3n) is 2.47. The van der Waals surface area contributed by atoms with Gasteiger partial charge in [-0.05, 0) is 25.6 Å². The molecule has 0 aromatic rings. The maximum Gasteiger partial charge on any atom is 0.238 e. The monoisotopic (exact) mass is 214 g/mol. The van der Waals surface area contributed by atoms with E-state index < -0.39 is 0 Å². The Balaban J connectivity index is 2.90. The lowest BCUT2D eigenvalue weighted by atomic mass is 10.2. The van der Waals surface area contributed by atoms with Crippen LogP contribution in [-0.2, 0) is 9.59 Å². The third kappa shape index (κ3) is 1.77. The first kappa shape index (κ1) is 11.1. The van der Waals surface area contributed by atoms with Crippen LogP contribution >= 0.6 is 12.2 Å². The molecule has 0 aliphatic carbocycles. The largest absolute Gasteiger partial charge is 0.292 e. The maximum atomic E-state index is 11.6. The van der Waals surface area contributed by atoms with Crippen LogP contribution in [0.15, 0.2) is 0 Å². The van der Waals surface area contributed by atoms with Crippen LogP contribution in [0.1, 0.15) is 26.7 Å². The molecule has 5 heteroatoms. The van der Waals surface area contributed by atoms with E-state index in [-0.39, 0.29) is 24.3 Å². The average Bonchev–Trinajstić information content (AvgIpc) is 2.14. The summed E-state index contributed by atoms with van der Waals surface area (Å²) in [5, 5.41) is 0.320. The van der Waals surface area contributed by atoms with Gasteiger partial charge in [-0.25, -0.2) is 0 Å². The second-order valence-electron chi connectivity index (χ2n) is 3.43. The van der Waals surface area contributed by atoms with E-state index in [1.807, 2.05) is 13.8 Å². The smallest absolute Gasteiger partial charge is 0.238 e. The molecule has 1 rings (SSSR count). The molecule has 1 heterocycles. The summed E-state index contributed by atoms with van der Waals surface area (Å²) >= 11 is 5.06. The van der Waals surface area contributed by atoms with Gasteiger partial charge in [-0.1, -0.05) is 6.92 Å². The molecule has 0 saturated carbocycles. The summed E-state index contributed by atoms with van der Waals surface area (Å²) in [5.74, 6) is -0.410. The van der Waals surface area contributed by atoms with Gasteiger partial charge in [-0.2, -0.15) is 0 Å². The number of hydrogen-bond donors (Lipinski definition) is 0. The van der Waals surface area contributed by atoms with Crippen LogP contribution in [0.2, 0.25) is 0 Å². The number of nitrogens with zero attached hydrogens (tertiary/aromatic N) is 2. The third-order valence-corrected chi connectivity index (χ3v) is 2.94. The molecule has 1 aliphatic heterocycles. The van der Waals surface area contributed by atoms with E-state index in [0.717, 1.165) is 6.42 Å². The molecule has 0 radical (unpaired) electrons. The highest BCUT2D eigenvalue weighted by atomic mass is 32.1. The molecule has 0 bridgehead atoms. The van der Waals surface area contributed by atoms with Gasteiger partial charge in [0, 0.05) is 13.1 Å². The Kier molecular flexibility index (Phi) is 3.21. The standard InChI is InChI=1S/C9H14N2O2S/c1-4-6(2)11-8(13)5-7(12)10(3)9(11)14/h6H,4-5H2,1-3H3. The summed E-state index contributed by atoms with van der Waals surface area (Å²) in [7, 11) is 1.60. The van der Waals surface area contributed by atoms with Crippen LogP contribution in [-0.4, -0.2) is 39.8 Å². The molecule has 1 aliphatic rings. The second kappa shape index (κ2) is 4.04. The topological polar surface area (TPSA) is 40.6 Å². The Labute approximate surface area is 88.9 Å². The van der Waals surface area contributed by atoms with Gasteiger partial charge in [-0.15, -0.1) is 0 Å². The fourth-order valence-corrected chi connectivity index (χ4v) is 1.71. The minimum Gasteiger partial charge on any atom is -0.292 e. The van der Waals surface area contributed by atoms with E-state index in [1.54, 1.807) is 7.05 Å². The molecule has 0 spiro atoms. The van der Waals surface area contributed by atoms with E-state index in [9.17, 15) is 9.59 Å². The van der Waals surface area contributed by atoms with Crippen LogP contribution in [0, 0.1) is 0 Å². The van der Waals surface area contributed by atoms with Crippen molar-refractivity contribution in [1.82, 2.24) is 9.80 Å². The zero-order valence-corrected chi connectivity index (χ0v) is 9.43. The van der Waals surface area contributed by atoms with Crippen molar-refractivity contribution in [2.75, 3.05) is 7.05 Å². The number of hydrogen-bond acceptors (Lipinski definition) is 3. The number of amides is 2. The van der Waals surface area contributed by atoms with Crippen molar-refractivity contribution in [3.05, 3.63) is 0 Å². The molecule has 78 valence electrons. The van der Waals surface area contributed by atoms with Gasteiger partial charge >= 0.3 is 0 Å². The lowest BCUT2D eigenvalue weighted by molar-refractivity contribution is -0.140. The Morgan fingerprint density at radius 2 is 2.00 bits per heavy atom. The summed E-state index contributed by atoms with van der Waals surface area (Å²) in [6.45, 7) is 3.91. The maximum absolute atomic E-state index is 11.6. The van der Waals surface area contributed by atoms with Crippen molar-refractivity contribution in [2.24, 2.45) is 0 Å². The van der Waals surface area contributed by atoms with Gasteiger partial charge < -0.3 is 0 Å². The Hall–Kier alpha value is -0.970. The molecule has 0 aromatic heterocycles. The van der Waals surface area contributed by atoms with Gasteiger partial charge in [-0.3, -0.25) is 19.4 Å². The lowest BCUT2D eigenvalue weighted by Crippen LogP contribution is -2.56. The fraction of sp³-hybridized carbons (Fsp3) is 0.667. The van der Waals surface area contributed by atoms with Crippen molar-refractivity contribution < 1.29 is 9.59 Å². The second-order valence-corrected chi connectivity index (χ2v) is 3.80. The average molecular weight is 214 g/mol. The number of carbonyl (C=O) groups is 2. The summed E-state index contributed by atoms with van der Waals surface area (Å²) in [4.78, 5) is 25.7. The van der Waals surface area contributed by atoms with Crippen molar-refractivity contribution in [3.63, 3.8) is 0 Å². The molecule has 1 saturated heterocycles. The molecule has 0 aromatic carbocycles. The highest BCUT2D eigenvalue weighted by Crippen LogP contribution is 2.15. The molecule has 1 atom stereocenters. The van der Waals surface area contributed by atoms with Crippen LogP contribution in [0.25, 0.3) is 0 Å². The minimum atomic E-state index is -0.223. The van der Waals surface area contributed by atoms with Gasteiger partial charge in [0.25, 0.3) is 0 Å². The van der Waals surface area contributed by atoms with E-state index >= 15 is 0 Å². The van der Waals surface area contributed by atoms with Gasteiger partial charge in [0.2, 0.25) is 11.8 Å². The summed E-state index contributed by atoms with van der Waals surface area (Å²) in [6.07, 6.45) is 0.759. The highest BCUT2D eigenvalue weighted by molar-refractivity contribution is 7.80. The van der Waals surface area contributed by atoms with Crippen molar-refractivity contribution >= 4 is 29.1 Å². The van der Waals surface area contributed by atoms with Crippen molar-refractivity contribution in [2.45, 2.75) is 32.7 Å². The van der Waals surface area contributed by atoms with E-state index in [1.165, 1.54) is 9.80 Å². The Morgan fingerprint density at radius 1 is 1.43 bits per heavy atom. The lowest BCUT2D eigenvalue weighted by Gasteiger charge is -2.36.